The second-order valence-electron chi connectivity index (χ2n) is 4.54. The highest BCUT2D eigenvalue weighted by Gasteiger charge is 2.07. The van der Waals surface area contributed by atoms with Gasteiger partial charge in [-0.1, -0.05) is 40.2 Å². The summed E-state index contributed by atoms with van der Waals surface area (Å²) < 4.78 is 5.81. The molecule has 0 aliphatic heterocycles. The van der Waals surface area contributed by atoms with Crippen molar-refractivity contribution in [1.29, 1.82) is 5.26 Å². The van der Waals surface area contributed by atoms with Crippen LogP contribution in [0.25, 0.3) is 10.9 Å². The van der Waals surface area contributed by atoms with Crippen LogP contribution in [-0.2, 0) is 5.33 Å². The van der Waals surface area contributed by atoms with Crippen LogP contribution >= 0.6 is 15.9 Å². The van der Waals surface area contributed by atoms with E-state index in [-0.39, 0.29) is 0 Å². The fourth-order valence-electron chi connectivity index (χ4n) is 2.07. The van der Waals surface area contributed by atoms with Crippen molar-refractivity contribution in [3.8, 4) is 17.6 Å². The van der Waals surface area contributed by atoms with Crippen molar-refractivity contribution in [3.63, 3.8) is 0 Å². The summed E-state index contributed by atoms with van der Waals surface area (Å²) >= 11 is 3.38. The molecule has 0 spiro atoms. The van der Waals surface area contributed by atoms with E-state index >= 15 is 0 Å². The van der Waals surface area contributed by atoms with E-state index in [0.29, 0.717) is 22.4 Å². The molecule has 0 fully saturated rings. The number of nitriles is 1. The standard InChI is InChI=1S/C17H11BrN2O/c18-9-12-5-6-17(14(7-12)10-19)21-15-8-13-3-1-2-4-16(13)20-11-15/h1-8,11H,9H2. The Bertz CT molecular complexity index is 840. The van der Waals surface area contributed by atoms with Crippen LogP contribution < -0.4 is 4.74 Å². The highest BCUT2D eigenvalue weighted by atomic mass is 79.9. The van der Waals surface area contributed by atoms with E-state index in [1.165, 1.54) is 0 Å². The summed E-state index contributed by atoms with van der Waals surface area (Å²) in [6, 6.07) is 17.5. The van der Waals surface area contributed by atoms with Crippen LogP contribution in [0.5, 0.6) is 11.5 Å². The second-order valence-corrected chi connectivity index (χ2v) is 5.10. The van der Waals surface area contributed by atoms with Crippen molar-refractivity contribution >= 4 is 26.8 Å². The molecule has 0 bridgehead atoms. The first kappa shape index (κ1) is 13.6. The van der Waals surface area contributed by atoms with Gasteiger partial charge in [0.05, 0.1) is 17.3 Å². The highest BCUT2D eigenvalue weighted by Crippen LogP contribution is 2.27. The van der Waals surface area contributed by atoms with E-state index in [1.807, 2.05) is 48.5 Å². The molecule has 0 atom stereocenters. The number of ether oxygens (including phenoxy) is 1. The Morgan fingerprint density at radius 1 is 1.14 bits per heavy atom. The van der Waals surface area contributed by atoms with E-state index in [2.05, 4.69) is 27.0 Å². The molecule has 2 aromatic carbocycles. The second kappa shape index (κ2) is 5.94. The van der Waals surface area contributed by atoms with Crippen LogP contribution in [0.4, 0.5) is 0 Å². The Balaban J connectivity index is 1.96. The molecule has 4 heteroatoms. The maximum absolute atomic E-state index is 9.23. The Morgan fingerprint density at radius 3 is 2.81 bits per heavy atom. The first-order valence-corrected chi connectivity index (χ1v) is 7.54. The highest BCUT2D eigenvalue weighted by molar-refractivity contribution is 9.08. The number of para-hydroxylation sites is 1. The predicted octanol–water partition coefficient (Wildman–Crippen LogP) is 4.79. The van der Waals surface area contributed by atoms with Crippen molar-refractivity contribution < 1.29 is 4.74 Å². The molecule has 0 aliphatic carbocycles. The zero-order valence-corrected chi connectivity index (χ0v) is 12.7. The topological polar surface area (TPSA) is 45.9 Å². The molecule has 3 rings (SSSR count). The summed E-state index contributed by atoms with van der Waals surface area (Å²) in [6.45, 7) is 0. The summed E-state index contributed by atoms with van der Waals surface area (Å²) in [4.78, 5) is 4.35. The lowest BCUT2D eigenvalue weighted by Gasteiger charge is -2.09. The number of nitrogens with zero attached hydrogens (tertiary/aromatic N) is 2. The van der Waals surface area contributed by atoms with Gasteiger partial charge in [0.15, 0.2) is 0 Å². The number of alkyl halides is 1. The number of benzene rings is 2. The minimum absolute atomic E-state index is 0.514. The van der Waals surface area contributed by atoms with Crippen LogP contribution in [0.15, 0.2) is 54.7 Å². The molecule has 0 aliphatic rings. The van der Waals surface area contributed by atoms with Crippen LogP contribution in [-0.4, -0.2) is 4.98 Å². The molecule has 0 N–H and O–H groups in total. The Hall–Kier alpha value is -2.38. The van der Waals surface area contributed by atoms with Crippen LogP contribution in [0.3, 0.4) is 0 Å². The molecule has 0 radical (unpaired) electrons. The third kappa shape index (κ3) is 2.88. The van der Waals surface area contributed by atoms with E-state index in [4.69, 9.17) is 4.74 Å². The van der Waals surface area contributed by atoms with Crippen LogP contribution in [0.2, 0.25) is 0 Å². The lowest BCUT2D eigenvalue weighted by molar-refractivity contribution is 0.479. The zero-order valence-electron chi connectivity index (χ0n) is 11.1. The maximum atomic E-state index is 9.23. The number of pyridine rings is 1. The Morgan fingerprint density at radius 2 is 2.00 bits per heavy atom. The van der Waals surface area contributed by atoms with Crippen molar-refractivity contribution in [2.45, 2.75) is 5.33 Å². The first-order valence-electron chi connectivity index (χ1n) is 6.42. The quantitative estimate of drug-likeness (QED) is 0.644. The molecule has 0 saturated carbocycles. The van der Waals surface area contributed by atoms with Crippen molar-refractivity contribution in [2.24, 2.45) is 0 Å². The van der Waals surface area contributed by atoms with Crippen LogP contribution in [0.1, 0.15) is 11.1 Å². The lowest BCUT2D eigenvalue weighted by Crippen LogP contribution is -1.91. The van der Waals surface area contributed by atoms with Gasteiger partial charge in [-0.05, 0) is 29.8 Å². The number of rotatable bonds is 3. The van der Waals surface area contributed by atoms with Crippen molar-refractivity contribution in [3.05, 3.63) is 65.9 Å². The Labute approximate surface area is 130 Å². The fourth-order valence-corrected chi connectivity index (χ4v) is 2.42. The molecule has 3 nitrogen and oxygen atoms in total. The van der Waals surface area contributed by atoms with Gasteiger partial charge in [-0.15, -0.1) is 0 Å². The van der Waals surface area contributed by atoms with Gasteiger partial charge in [0.25, 0.3) is 0 Å². The lowest BCUT2D eigenvalue weighted by atomic mass is 10.1. The van der Waals surface area contributed by atoms with E-state index < -0.39 is 0 Å². The molecule has 0 unspecified atom stereocenters. The van der Waals surface area contributed by atoms with Gasteiger partial charge in [-0.3, -0.25) is 4.98 Å². The molecule has 1 aromatic heterocycles. The molecule has 0 amide bonds. The largest absolute Gasteiger partial charge is 0.454 e. The van der Waals surface area contributed by atoms with E-state index in [0.717, 1.165) is 16.5 Å². The first-order chi connectivity index (χ1) is 10.3. The number of fused-ring (bicyclic) bond motifs is 1. The molecule has 21 heavy (non-hydrogen) atoms. The minimum atomic E-state index is 0.514. The van der Waals surface area contributed by atoms with Gasteiger partial charge in [0.1, 0.15) is 17.6 Å². The summed E-state index contributed by atoms with van der Waals surface area (Å²) in [6.07, 6.45) is 1.67. The van der Waals surface area contributed by atoms with Crippen molar-refractivity contribution in [1.82, 2.24) is 4.98 Å². The number of aromatic nitrogens is 1. The van der Waals surface area contributed by atoms with Gasteiger partial charge in [0, 0.05) is 10.7 Å². The zero-order chi connectivity index (χ0) is 14.7. The molecule has 102 valence electrons. The average Bonchev–Trinajstić information content (AvgIpc) is 2.55. The van der Waals surface area contributed by atoms with E-state index in [1.54, 1.807) is 6.20 Å². The minimum Gasteiger partial charge on any atom is -0.454 e. The fraction of sp³-hybridized carbons (Fsp3) is 0.0588. The summed E-state index contributed by atoms with van der Waals surface area (Å²) in [5.41, 5.74) is 2.47. The summed E-state index contributed by atoms with van der Waals surface area (Å²) in [5, 5.41) is 10.9. The van der Waals surface area contributed by atoms with Gasteiger partial charge in [-0.2, -0.15) is 5.26 Å². The SMILES string of the molecule is N#Cc1cc(CBr)ccc1Oc1cnc2ccccc2c1. The van der Waals surface area contributed by atoms with Gasteiger partial charge < -0.3 is 4.74 Å². The maximum Gasteiger partial charge on any atom is 0.146 e. The third-order valence-corrected chi connectivity index (χ3v) is 3.76. The van der Waals surface area contributed by atoms with Gasteiger partial charge in [0.2, 0.25) is 0 Å². The third-order valence-electron chi connectivity index (χ3n) is 3.11. The molecule has 0 saturated heterocycles. The number of hydrogen-bond acceptors (Lipinski definition) is 3. The summed E-state index contributed by atoms with van der Waals surface area (Å²) in [5.74, 6) is 1.16. The average molecular weight is 339 g/mol. The summed E-state index contributed by atoms with van der Waals surface area (Å²) in [7, 11) is 0. The van der Waals surface area contributed by atoms with E-state index in [9.17, 15) is 5.26 Å². The predicted molar refractivity (Wildman–Crippen MR) is 85.6 cm³/mol. The normalized spacial score (nSPS) is 10.3. The number of halogens is 1. The van der Waals surface area contributed by atoms with Gasteiger partial charge in [-0.25, -0.2) is 0 Å². The van der Waals surface area contributed by atoms with Crippen LogP contribution in [0, 0.1) is 11.3 Å². The Kier molecular flexibility index (Phi) is 3.85. The monoisotopic (exact) mass is 338 g/mol. The van der Waals surface area contributed by atoms with Gasteiger partial charge >= 0.3 is 0 Å². The van der Waals surface area contributed by atoms with Crippen molar-refractivity contribution in [2.75, 3.05) is 0 Å². The molecule has 1 heterocycles. The molecular weight excluding hydrogens is 328 g/mol. The number of hydrogen-bond donors (Lipinski definition) is 0. The smallest absolute Gasteiger partial charge is 0.146 e. The molecule has 3 aromatic rings. The molecular formula is C17H11BrN2O.